The largest absolute Gasteiger partial charge is 0.490 e. The molecular weight excluding hydrogens is 439 g/mol. The summed E-state index contributed by atoms with van der Waals surface area (Å²) in [6.07, 6.45) is -0.161. The number of hydrogen-bond donors (Lipinski definition) is 2. The zero-order valence-corrected chi connectivity index (χ0v) is 18.4. The Morgan fingerprint density at radius 2 is 2.09 bits per heavy atom. The Hall–Kier alpha value is -2.77. The van der Waals surface area contributed by atoms with Crippen molar-refractivity contribution in [1.82, 2.24) is 19.7 Å². The SMILES string of the molecule is COC(=O)N1CCc2c(c(N(C)c3cc(C(F)F)c(B(O)O)cn3)nn2C2CCOCC2)C1. The number of pyridine rings is 1. The van der Waals surface area contributed by atoms with Gasteiger partial charge in [-0.1, -0.05) is 0 Å². The van der Waals surface area contributed by atoms with E-state index in [1.807, 2.05) is 4.68 Å². The average molecular weight is 465 g/mol. The zero-order valence-electron chi connectivity index (χ0n) is 18.4. The molecule has 13 heteroatoms. The highest BCUT2D eigenvalue weighted by Crippen LogP contribution is 2.35. The second-order valence-corrected chi connectivity index (χ2v) is 8.08. The lowest BCUT2D eigenvalue weighted by Crippen LogP contribution is -2.37. The summed E-state index contributed by atoms with van der Waals surface area (Å²) >= 11 is 0. The fraction of sp³-hybridized carbons (Fsp3) is 0.550. The van der Waals surface area contributed by atoms with Crippen molar-refractivity contribution in [3.8, 4) is 0 Å². The summed E-state index contributed by atoms with van der Waals surface area (Å²) in [6, 6.07) is 1.26. The van der Waals surface area contributed by atoms with Crippen molar-refractivity contribution in [2.75, 3.05) is 38.8 Å². The van der Waals surface area contributed by atoms with E-state index < -0.39 is 25.2 Å². The molecule has 0 aromatic carbocycles. The molecule has 0 radical (unpaired) electrons. The number of hydrogen-bond acceptors (Lipinski definition) is 8. The molecule has 0 saturated carbocycles. The van der Waals surface area contributed by atoms with Gasteiger partial charge < -0.3 is 29.3 Å². The fourth-order valence-corrected chi connectivity index (χ4v) is 4.38. The topological polar surface area (TPSA) is 113 Å². The molecule has 2 aliphatic heterocycles. The number of carbonyl (C=O) groups is 1. The minimum absolute atomic E-state index is 0.135. The van der Waals surface area contributed by atoms with Gasteiger partial charge in [0.1, 0.15) is 5.82 Å². The Morgan fingerprint density at radius 1 is 1.36 bits per heavy atom. The van der Waals surface area contributed by atoms with Gasteiger partial charge in [0.15, 0.2) is 5.82 Å². The molecular formula is C20H26BF2N5O5. The first-order valence-corrected chi connectivity index (χ1v) is 10.7. The van der Waals surface area contributed by atoms with Gasteiger partial charge in [-0.2, -0.15) is 5.10 Å². The maximum Gasteiger partial charge on any atom is 0.490 e. The summed E-state index contributed by atoms with van der Waals surface area (Å²) in [6.45, 7) is 2.00. The van der Waals surface area contributed by atoms with Crippen LogP contribution in [0.2, 0.25) is 0 Å². The van der Waals surface area contributed by atoms with E-state index in [9.17, 15) is 23.6 Å². The number of ether oxygens (including phenoxy) is 2. The lowest BCUT2D eigenvalue weighted by Gasteiger charge is -2.29. The van der Waals surface area contributed by atoms with Gasteiger partial charge in [0.05, 0.1) is 19.7 Å². The zero-order chi connectivity index (χ0) is 23.7. The third-order valence-corrected chi connectivity index (χ3v) is 6.16. The molecule has 0 atom stereocenters. The summed E-state index contributed by atoms with van der Waals surface area (Å²) in [5, 5.41) is 23.6. The van der Waals surface area contributed by atoms with E-state index in [1.165, 1.54) is 7.11 Å². The predicted molar refractivity (Wildman–Crippen MR) is 115 cm³/mol. The smallest absolute Gasteiger partial charge is 0.453 e. The lowest BCUT2D eigenvalue weighted by molar-refractivity contribution is 0.0649. The van der Waals surface area contributed by atoms with Gasteiger partial charge in [0, 0.05) is 61.7 Å². The fourth-order valence-electron chi connectivity index (χ4n) is 4.38. The first kappa shape index (κ1) is 23.4. The van der Waals surface area contributed by atoms with E-state index in [1.54, 1.807) is 16.8 Å². The number of amides is 1. The van der Waals surface area contributed by atoms with Crippen molar-refractivity contribution in [1.29, 1.82) is 0 Å². The lowest BCUT2D eigenvalue weighted by atomic mass is 9.78. The highest BCUT2D eigenvalue weighted by molar-refractivity contribution is 6.59. The van der Waals surface area contributed by atoms with Crippen LogP contribution in [0.4, 0.5) is 25.2 Å². The van der Waals surface area contributed by atoms with Crippen molar-refractivity contribution in [2.45, 2.75) is 38.3 Å². The van der Waals surface area contributed by atoms with E-state index >= 15 is 0 Å². The molecule has 0 bridgehead atoms. The quantitative estimate of drug-likeness (QED) is 0.633. The van der Waals surface area contributed by atoms with Gasteiger partial charge in [-0.25, -0.2) is 18.6 Å². The number of halogens is 2. The molecule has 2 aliphatic rings. The van der Waals surface area contributed by atoms with Gasteiger partial charge in [0.2, 0.25) is 0 Å². The summed E-state index contributed by atoms with van der Waals surface area (Å²) in [5.41, 5.74) is 0.914. The van der Waals surface area contributed by atoms with Crippen LogP contribution in [0.3, 0.4) is 0 Å². The molecule has 178 valence electrons. The summed E-state index contributed by atoms with van der Waals surface area (Å²) in [4.78, 5) is 19.5. The van der Waals surface area contributed by atoms with E-state index in [0.29, 0.717) is 32.0 Å². The van der Waals surface area contributed by atoms with Crippen LogP contribution in [0.1, 0.15) is 42.1 Å². The number of rotatable bonds is 5. The monoisotopic (exact) mass is 465 g/mol. The Balaban J connectivity index is 1.75. The molecule has 2 aromatic rings. The first-order chi connectivity index (χ1) is 15.8. The highest BCUT2D eigenvalue weighted by Gasteiger charge is 2.33. The molecule has 33 heavy (non-hydrogen) atoms. The molecule has 1 saturated heterocycles. The predicted octanol–water partition coefficient (Wildman–Crippen LogP) is 1.14. The highest BCUT2D eigenvalue weighted by atomic mass is 19.3. The van der Waals surface area contributed by atoms with Crippen LogP contribution in [0.25, 0.3) is 0 Å². The molecule has 4 rings (SSSR count). The molecule has 2 N–H and O–H groups in total. The number of anilines is 2. The number of alkyl halides is 2. The van der Waals surface area contributed by atoms with Gasteiger partial charge >= 0.3 is 13.2 Å². The molecule has 0 aliphatic carbocycles. The molecule has 0 spiro atoms. The van der Waals surface area contributed by atoms with E-state index in [-0.39, 0.29) is 23.9 Å². The third-order valence-electron chi connectivity index (χ3n) is 6.16. The van der Waals surface area contributed by atoms with Gasteiger partial charge in [-0.15, -0.1) is 0 Å². The van der Waals surface area contributed by atoms with Crippen molar-refractivity contribution in [3.63, 3.8) is 0 Å². The minimum atomic E-state index is -2.92. The van der Waals surface area contributed by atoms with Gasteiger partial charge in [0.25, 0.3) is 6.43 Å². The number of carbonyl (C=O) groups excluding carboxylic acids is 1. The number of aromatic nitrogens is 3. The Labute approximate surface area is 189 Å². The van der Waals surface area contributed by atoms with E-state index in [2.05, 4.69) is 4.98 Å². The summed E-state index contributed by atoms with van der Waals surface area (Å²) in [5.74, 6) is 0.666. The van der Waals surface area contributed by atoms with Gasteiger partial charge in [-0.3, -0.25) is 4.68 Å². The molecule has 4 heterocycles. The van der Waals surface area contributed by atoms with Crippen molar-refractivity contribution in [2.24, 2.45) is 0 Å². The van der Waals surface area contributed by atoms with Crippen molar-refractivity contribution < 1.29 is 33.1 Å². The Bertz CT molecular complexity index is 1010. The number of fused-ring (bicyclic) bond motifs is 1. The van der Waals surface area contributed by atoms with E-state index in [4.69, 9.17) is 14.6 Å². The van der Waals surface area contributed by atoms with Crippen molar-refractivity contribution >= 4 is 30.3 Å². The van der Waals surface area contributed by atoms with Crippen LogP contribution in [0.15, 0.2) is 12.3 Å². The van der Waals surface area contributed by atoms with Crippen LogP contribution >= 0.6 is 0 Å². The minimum Gasteiger partial charge on any atom is -0.453 e. The van der Waals surface area contributed by atoms with Crippen molar-refractivity contribution in [3.05, 3.63) is 29.1 Å². The van der Waals surface area contributed by atoms with Crippen LogP contribution in [0.5, 0.6) is 0 Å². The number of methoxy groups -OCH3 is 1. The van der Waals surface area contributed by atoms with Crippen LogP contribution in [0, 0.1) is 0 Å². The van der Waals surface area contributed by atoms with Crippen LogP contribution in [-0.2, 0) is 22.4 Å². The third kappa shape index (κ3) is 4.52. The summed E-state index contributed by atoms with van der Waals surface area (Å²) < 4.78 is 39.5. The second-order valence-electron chi connectivity index (χ2n) is 8.08. The van der Waals surface area contributed by atoms with Gasteiger partial charge in [-0.05, 0) is 18.9 Å². The maximum atomic E-state index is 13.6. The Morgan fingerprint density at radius 3 is 2.73 bits per heavy atom. The molecule has 2 aromatic heterocycles. The molecule has 10 nitrogen and oxygen atoms in total. The summed E-state index contributed by atoms with van der Waals surface area (Å²) in [7, 11) is 0.916. The van der Waals surface area contributed by atoms with Crippen LogP contribution < -0.4 is 10.4 Å². The Kier molecular flexibility index (Phi) is 6.82. The first-order valence-electron chi connectivity index (χ1n) is 10.7. The molecule has 0 unspecified atom stereocenters. The average Bonchev–Trinajstić information content (AvgIpc) is 3.22. The standard InChI is InChI=1S/C20H26BF2N5O5/c1-26(17-9-13(18(22)23)15(10-24-17)21(30)31)19-14-11-27(20(29)32-2)6-3-16(14)28(25-19)12-4-7-33-8-5-12/h9-10,12,18,30-31H,3-8,11H2,1-2H3. The number of nitrogens with zero attached hydrogens (tertiary/aromatic N) is 5. The van der Waals surface area contributed by atoms with Crippen LogP contribution in [-0.4, -0.2) is 76.8 Å². The van der Waals surface area contributed by atoms with E-state index in [0.717, 1.165) is 36.4 Å². The molecule has 1 amide bonds. The second kappa shape index (κ2) is 9.61. The normalized spacial score (nSPS) is 16.6. The maximum absolute atomic E-state index is 13.6. The molecule has 1 fully saturated rings.